The van der Waals surface area contributed by atoms with Crippen LogP contribution in [0.2, 0.25) is 0 Å². The minimum Gasteiger partial charge on any atom is -0.336 e. The van der Waals surface area contributed by atoms with Gasteiger partial charge in [0.2, 0.25) is 5.91 Å². The quantitative estimate of drug-likeness (QED) is 0.717. The Hall–Kier alpha value is -2.47. The molecule has 1 heterocycles. The summed E-state index contributed by atoms with van der Waals surface area (Å²) >= 11 is 3.29. The van der Waals surface area contributed by atoms with Crippen LogP contribution < -0.4 is 0 Å². The number of carbonyl (C=O) groups excluding carboxylic acids is 2. The van der Waals surface area contributed by atoms with Gasteiger partial charge in [-0.25, -0.2) is 4.39 Å². The number of amides is 2. The summed E-state index contributed by atoms with van der Waals surface area (Å²) in [5.41, 5.74) is 1.00. The molecule has 1 aliphatic rings. The van der Waals surface area contributed by atoms with Gasteiger partial charge in [0.1, 0.15) is 5.82 Å². The van der Waals surface area contributed by atoms with E-state index in [2.05, 4.69) is 15.9 Å². The Balaban J connectivity index is 1.57. The molecule has 6 heteroatoms. The van der Waals surface area contributed by atoms with Crippen molar-refractivity contribution in [2.24, 2.45) is 0 Å². The Bertz CT molecular complexity index is 831. The van der Waals surface area contributed by atoms with Crippen LogP contribution >= 0.6 is 15.9 Å². The van der Waals surface area contributed by atoms with Gasteiger partial charge in [0.25, 0.3) is 5.91 Å². The summed E-state index contributed by atoms with van der Waals surface area (Å²) in [5.74, 6) is -0.587. The monoisotopic (exact) mass is 416 g/mol. The van der Waals surface area contributed by atoms with Crippen molar-refractivity contribution in [2.75, 3.05) is 26.2 Å². The van der Waals surface area contributed by atoms with E-state index < -0.39 is 0 Å². The molecular weight excluding hydrogens is 399 g/mol. The lowest BCUT2D eigenvalue weighted by atomic mass is 10.1. The number of nitrogens with zero attached hydrogens (tertiary/aromatic N) is 2. The van der Waals surface area contributed by atoms with Gasteiger partial charge in [0, 0.05) is 47.9 Å². The highest BCUT2D eigenvalue weighted by molar-refractivity contribution is 9.10. The van der Waals surface area contributed by atoms with Gasteiger partial charge >= 0.3 is 0 Å². The molecule has 0 N–H and O–H groups in total. The van der Waals surface area contributed by atoms with Gasteiger partial charge in [-0.15, -0.1) is 0 Å². The highest BCUT2D eigenvalue weighted by Gasteiger charge is 2.23. The Morgan fingerprint density at radius 3 is 2.31 bits per heavy atom. The molecule has 4 nitrogen and oxygen atoms in total. The molecule has 3 rings (SSSR count). The van der Waals surface area contributed by atoms with E-state index in [1.54, 1.807) is 34.1 Å². The molecule has 134 valence electrons. The highest BCUT2D eigenvalue weighted by Crippen LogP contribution is 2.17. The van der Waals surface area contributed by atoms with Gasteiger partial charge in [-0.3, -0.25) is 9.59 Å². The Labute approximate surface area is 160 Å². The van der Waals surface area contributed by atoms with Crippen LogP contribution in [0.15, 0.2) is 59.1 Å². The van der Waals surface area contributed by atoms with Crippen LogP contribution in [0.25, 0.3) is 6.08 Å². The largest absolute Gasteiger partial charge is 0.336 e. The van der Waals surface area contributed by atoms with Crippen molar-refractivity contribution >= 4 is 33.8 Å². The number of carbonyl (C=O) groups is 2. The maximum atomic E-state index is 13.7. The standard InChI is InChI=1S/C20H18BrFN2O2/c21-17-7-8-18(22)16(14-17)6-9-19(25)23-10-12-24(13-11-23)20(26)15-4-2-1-3-5-15/h1-9,14H,10-13H2/b9-6+. The molecule has 0 aliphatic carbocycles. The van der Waals surface area contributed by atoms with Crippen LogP contribution in [0.5, 0.6) is 0 Å². The fraction of sp³-hybridized carbons (Fsp3) is 0.200. The first-order chi connectivity index (χ1) is 12.5. The zero-order chi connectivity index (χ0) is 18.5. The van der Waals surface area contributed by atoms with Crippen LogP contribution in [-0.4, -0.2) is 47.8 Å². The Morgan fingerprint density at radius 2 is 1.62 bits per heavy atom. The van der Waals surface area contributed by atoms with Crippen molar-refractivity contribution in [2.45, 2.75) is 0 Å². The Morgan fingerprint density at radius 1 is 0.962 bits per heavy atom. The van der Waals surface area contributed by atoms with E-state index in [4.69, 9.17) is 0 Å². The molecule has 2 aromatic carbocycles. The topological polar surface area (TPSA) is 40.6 Å². The van der Waals surface area contributed by atoms with E-state index >= 15 is 0 Å². The molecule has 26 heavy (non-hydrogen) atoms. The number of rotatable bonds is 3. The van der Waals surface area contributed by atoms with Crippen LogP contribution in [0.3, 0.4) is 0 Å². The number of hydrogen-bond donors (Lipinski definition) is 0. The zero-order valence-corrected chi connectivity index (χ0v) is 15.7. The number of halogens is 2. The van der Waals surface area contributed by atoms with Gasteiger partial charge in [-0.2, -0.15) is 0 Å². The van der Waals surface area contributed by atoms with Crippen LogP contribution in [0.1, 0.15) is 15.9 Å². The van der Waals surface area contributed by atoms with E-state index in [0.717, 1.165) is 4.47 Å². The molecule has 0 atom stereocenters. The molecule has 0 bridgehead atoms. The number of benzene rings is 2. The van der Waals surface area contributed by atoms with E-state index in [0.29, 0.717) is 37.3 Å². The summed E-state index contributed by atoms with van der Waals surface area (Å²) < 4.78 is 14.5. The normalized spacial score (nSPS) is 14.7. The number of hydrogen-bond acceptors (Lipinski definition) is 2. The van der Waals surface area contributed by atoms with Gasteiger partial charge in [-0.1, -0.05) is 34.1 Å². The third-order valence-electron chi connectivity index (χ3n) is 4.26. The second-order valence-electron chi connectivity index (χ2n) is 5.98. The van der Waals surface area contributed by atoms with Gasteiger partial charge in [0.05, 0.1) is 0 Å². The van der Waals surface area contributed by atoms with Crippen molar-refractivity contribution < 1.29 is 14.0 Å². The smallest absolute Gasteiger partial charge is 0.253 e. The van der Waals surface area contributed by atoms with Crippen molar-refractivity contribution in [3.8, 4) is 0 Å². The summed E-state index contributed by atoms with van der Waals surface area (Å²) in [7, 11) is 0. The maximum Gasteiger partial charge on any atom is 0.253 e. The number of piperazine rings is 1. The van der Waals surface area contributed by atoms with Crippen molar-refractivity contribution in [3.63, 3.8) is 0 Å². The highest BCUT2D eigenvalue weighted by atomic mass is 79.9. The van der Waals surface area contributed by atoms with Gasteiger partial charge in [-0.05, 0) is 36.4 Å². The predicted molar refractivity (Wildman–Crippen MR) is 102 cm³/mol. The van der Waals surface area contributed by atoms with E-state index in [9.17, 15) is 14.0 Å². The van der Waals surface area contributed by atoms with Crippen LogP contribution in [0.4, 0.5) is 4.39 Å². The summed E-state index contributed by atoms with van der Waals surface area (Å²) in [6.07, 6.45) is 2.85. The molecule has 2 amide bonds. The second kappa shape index (κ2) is 8.27. The third kappa shape index (κ3) is 4.38. The van der Waals surface area contributed by atoms with E-state index in [1.165, 1.54) is 18.2 Å². The predicted octanol–water partition coefficient (Wildman–Crippen LogP) is 3.59. The van der Waals surface area contributed by atoms with Crippen molar-refractivity contribution in [1.29, 1.82) is 0 Å². The minimum absolute atomic E-state index is 0.0237. The minimum atomic E-state index is -0.379. The molecule has 1 fully saturated rings. The first-order valence-electron chi connectivity index (χ1n) is 8.31. The average molecular weight is 417 g/mol. The lowest BCUT2D eigenvalue weighted by Crippen LogP contribution is -2.50. The lowest BCUT2D eigenvalue weighted by Gasteiger charge is -2.34. The zero-order valence-electron chi connectivity index (χ0n) is 14.1. The molecule has 0 spiro atoms. The average Bonchev–Trinajstić information content (AvgIpc) is 2.68. The maximum absolute atomic E-state index is 13.7. The SMILES string of the molecule is O=C(/C=C/c1cc(Br)ccc1F)N1CCN(C(=O)c2ccccc2)CC1. The first-order valence-corrected chi connectivity index (χ1v) is 9.10. The molecule has 1 saturated heterocycles. The summed E-state index contributed by atoms with van der Waals surface area (Å²) in [5, 5.41) is 0. The second-order valence-corrected chi connectivity index (χ2v) is 6.90. The Kier molecular flexibility index (Phi) is 5.83. The van der Waals surface area contributed by atoms with Gasteiger partial charge in [0.15, 0.2) is 0 Å². The van der Waals surface area contributed by atoms with E-state index in [-0.39, 0.29) is 17.6 Å². The molecule has 0 radical (unpaired) electrons. The first kappa shape index (κ1) is 18.3. The summed E-state index contributed by atoms with van der Waals surface area (Å²) in [6, 6.07) is 13.7. The fourth-order valence-corrected chi connectivity index (χ4v) is 3.18. The van der Waals surface area contributed by atoms with Crippen molar-refractivity contribution in [3.05, 3.63) is 76.0 Å². The van der Waals surface area contributed by atoms with Crippen molar-refractivity contribution in [1.82, 2.24) is 9.80 Å². The van der Waals surface area contributed by atoms with Crippen LogP contribution in [-0.2, 0) is 4.79 Å². The molecule has 0 saturated carbocycles. The van der Waals surface area contributed by atoms with Crippen LogP contribution in [0, 0.1) is 5.82 Å². The fourth-order valence-electron chi connectivity index (χ4n) is 2.80. The molecular formula is C20H18BrFN2O2. The van der Waals surface area contributed by atoms with Gasteiger partial charge < -0.3 is 9.80 Å². The summed E-state index contributed by atoms with van der Waals surface area (Å²) in [4.78, 5) is 28.1. The lowest BCUT2D eigenvalue weighted by molar-refractivity contribution is -0.127. The molecule has 0 aromatic heterocycles. The van der Waals surface area contributed by atoms with E-state index in [1.807, 2.05) is 18.2 Å². The molecule has 0 unspecified atom stereocenters. The molecule has 1 aliphatic heterocycles. The molecule has 2 aromatic rings. The third-order valence-corrected chi connectivity index (χ3v) is 4.76. The summed E-state index contributed by atoms with van der Waals surface area (Å²) in [6.45, 7) is 1.89.